The highest BCUT2D eigenvalue weighted by molar-refractivity contribution is 5.69. The predicted molar refractivity (Wildman–Crippen MR) is 226 cm³/mol. The number of nitrogens with zero attached hydrogens (tertiary/aromatic N) is 2. The summed E-state index contributed by atoms with van der Waals surface area (Å²) in [7, 11) is 0. The lowest BCUT2D eigenvalue weighted by molar-refractivity contribution is -0.235. The molecule has 2 fully saturated rings. The molecular weight excluding hydrogens is 751 g/mol. The maximum atomic E-state index is 15.5. The molecule has 1 aliphatic carbocycles. The number of hydrogen-bond donors (Lipinski definition) is 0. The first-order valence-electron chi connectivity index (χ1n) is 21.3. The first-order chi connectivity index (χ1) is 28.6. The molecule has 1 heterocycles. The number of hydrogen-bond acceptors (Lipinski definition) is 7. The highest BCUT2D eigenvalue weighted by atomic mass is 19.1. The van der Waals surface area contributed by atoms with Crippen LogP contribution in [0.2, 0.25) is 0 Å². The number of halogens is 2. The lowest BCUT2D eigenvalue weighted by Gasteiger charge is -2.47. The molecule has 0 bridgehead atoms. The fourth-order valence-corrected chi connectivity index (χ4v) is 8.24. The second-order valence-electron chi connectivity index (χ2n) is 16.9. The average Bonchev–Trinajstić information content (AvgIpc) is 3.77. The van der Waals surface area contributed by atoms with Gasteiger partial charge in [-0.05, 0) is 86.8 Å². The summed E-state index contributed by atoms with van der Waals surface area (Å²) in [5.74, 6) is 0.165. The molecule has 4 aromatic carbocycles. The van der Waals surface area contributed by atoms with E-state index in [2.05, 4.69) is 29.2 Å². The van der Waals surface area contributed by atoms with Crippen LogP contribution in [0, 0.1) is 11.7 Å². The van der Waals surface area contributed by atoms with Gasteiger partial charge in [0.15, 0.2) is 6.29 Å². The van der Waals surface area contributed by atoms with E-state index in [0.717, 1.165) is 54.4 Å². The minimum atomic E-state index is -0.862. The van der Waals surface area contributed by atoms with Gasteiger partial charge in [0, 0.05) is 25.2 Å². The third-order valence-corrected chi connectivity index (χ3v) is 11.0. The van der Waals surface area contributed by atoms with Gasteiger partial charge in [-0.1, -0.05) is 111 Å². The highest BCUT2D eigenvalue weighted by Crippen LogP contribution is 2.33. The van der Waals surface area contributed by atoms with Crippen molar-refractivity contribution in [2.75, 3.05) is 26.4 Å². The van der Waals surface area contributed by atoms with Gasteiger partial charge in [0.25, 0.3) is 0 Å². The molecule has 1 unspecified atom stereocenters. The number of ether oxygens (including phenoxy) is 5. The molecule has 10 heteroatoms. The van der Waals surface area contributed by atoms with Crippen LogP contribution < -0.4 is 4.74 Å². The zero-order chi connectivity index (χ0) is 41.6. The monoisotopic (exact) mass is 812 g/mol. The number of alkyl halides is 1. The summed E-state index contributed by atoms with van der Waals surface area (Å²) in [6.07, 6.45) is 2.31. The Morgan fingerprint density at radius 2 is 1.47 bits per heavy atom. The van der Waals surface area contributed by atoms with E-state index in [-0.39, 0.29) is 25.7 Å². The van der Waals surface area contributed by atoms with Crippen LogP contribution in [0.1, 0.15) is 82.1 Å². The quantitative estimate of drug-likeness (QED) is 0.0934. The van der Waals surface area contributed by atoms with E-state index in [1.54, 1.807) is 11.0 Å². The second kappa shape index (κ2) is 21.8. The highest BCUT2D eigenvalue weighted by Gasteiger charge is 2.45. The number of benzene rings is 4. The summed E-state index contributed by atoms with van der Waals surface area (Å²) in [5, 5.41) is 0. The van der Waals surface area contributed by atoms with Gasteiger partial charge in [-0.15, -0.1) is 0 Å². The summed E-state index contributed by atoms with van der Waals surface area (Å²) in [5.41, 5.74) is 3.06. The van der Waals surface area contributed by atoms with Gasteiger partial charge in [0.1, 0.15) is 23.8 Å². The topological polar surface area (TPSA) is 69.7 Å². The van der Waals surface area contributed by atoms with Gasteiger partial charge < -0.3 is 23.7 Å². The van der Waals surface area contributed by atoms with E-state index in [9.17, 15) is 9.18 Å². The van der Waals surface area contributed by atoms with Crippen molar-refractivity contribution < 1.29 is 37.3 Å². The Morgan fingerprint density at radius 1 is 0.864 bits per heavy atom. The van der Waals surface area contributed by atoms with Crippen LogP contribution in [-0.2, 0) is 45.1 Å². The standard InChI is InChI=1S/C49H62F2N2O6/c1-5-25-55-42-27-39(26-41(51)29-42)28-43(52(31-36-17-9-6-10-18-36)32-37-19-11-7-12-20-37)47(57-34-38-21-13-8-14-22-38)44-35-56-46(33-53(44)48(54)59-49(2,3)4)58-45(30-50)40-23-15-16-24-40/h6-14,17-22,26-27,29,40,43-47H,5,15-16,23-25,28,30-35H2,1-4H3/t43-,44+,45?,46+,47-/m0/s1. The maximum absolute atomic E-state index is 15.5. The molecule has 318 valence electrons. The Bertz CT molecular complexity index is 1800. The largest absolute Gasteiger partial charge is 0.493 e. The number of rotatable bonds is 19. The van der Waals surface area contributed by atoms with Crippen molar-refractivity contribution in [3.63, 3.8) is 0 Å². The molecule has 1 saturated carbocycles. The fourth-order valence-electron chi connectivity index (χ4n) is 8.24. The molecule has 8 nitrogen and oxygen atoms in total. The summed E-state index contributed by atoms with van der Waals surface area (Å²) in [4.78, 5) is 18.5. The van der Waals surface area contributed by atoms with Crippen LogP contribution >= 0.6 is 0 Å². The average molecular weight is 813 g/mol. The van der Waals surface area contributed by atoms with Crippen molar-refractivity contribution in [1.82, 2.24) is 9.80 Å². The van der Waals surface area contributed by atoms with E-state index in [4.69, 9.17) is 23.7 Å². The molecule has 0 aromatic heterocycles. The molecule has 1 saturated heterocycles. The Morgan fingerprint density at radius 3 is 2.05 bits per heavy atom. The molecule has 59 heavy (non-hydrogen) atoms. The summed E-state index contributed by atoms with van der Waals surface area (Å²) < 4.78 is 62.1. The first kappa shape index (κ1) is 44.2. The van der Waals surface area contributed by atoms with Gasteiger partial charge in [0.2, 0.25) is 0 Å². The molecule has 0 radical (unpaired) electrons. The Kier molecular flexibility index (Phi) is 16.3. The maximum Gasteiger partial charge on any atom is 0.410 e. The molecular formula is C49H62F2N2O6. The van der Waals surface area contributed by atoms with E-state index >= 15 is 4.39 Å². The molecule has 0 N–H and O–H groups in total. The van der Waals surface area contributed by atoms with Crippen LogP contribution in [-0.4, -0.2) is 78.5 Å². The van der Waals surface area contributed by atoms with E-state index in [1.165, 1.54) is 6.07 Å². The Labute approximate surface area is 349 Å². The smallest absolute Gasteiger partial charge is 0.410 e. The van der Waals surface area contributed by atoms with E-state index in [1.807, 2.05) is 100 Å². The number of amides is 1. The van der Waals surface area contributed by atoms with Crippen LogP contribution in [0.5, 0.6) is 5.75 Å². The third-order valence-electron chi connectivity index (χ3n) is 11.0. The van der Waals surface area contributed by atoms with Crippen molar-refractivity contribution in [3.8, 4) is 5.75 Å². The second-order valence-corrected chi connectivity index (χ2v) is 16.9. The normalized spacial score (nSPS) is 19.1. The Hall–Kier alpha value is -4.35. The van der Waals surface area contributed by atoms with Gasteiger partial charge in [0.05, 0.1) is 44.6 Å². The predicted octanol–water partition coefficient (Wildman–Crippen LogP) is 10.3. The van der Waals surface area contributed by atoms with Crippen molar-refractivity contribution >= 4 is 6.09 Å². The van der Waals surface area contributed by atoms with E-state index in [0.29, 0.717) is 31.9 Å². The van der Waals surface area contributed by atoms with Gasteiger partial charge in [-0.3, -0.25) is 9.80 Å². The Balaban J connectivity index is 1.45. The molecule has 1 amide bonds. The lowest BCUT2D eigenvalue weighted by Crippen LogP contribution is -2.63. The number of carbonyl (C=O) groups is 1. The zero-order valence-electron chi connectivity index (χ0n) is 35.1. The number of morpholine rings is 1. The van der Waals surface area contributed by atoms with Crippen LogP contribution in [0.4, 0.5) is 13.6 Å². The van der Waals surface area contributed by atoms with Crippen molar-refractivity contribution in [3.05, 3.63) is 137 Å². The lowest BCUT2D eigenvalue weighted by atomic mass is 9.92. The number of carbonyl (C=O) groups excluding carboxylic acids is 1. The minimum Gasteiger partial charge on any atom is -0.493 e. The molecule has 5 atom stereocenters. The van der Waals surface area contributed by atoms with Crippen LogP contribution in [0.15, 0.2) is 109 Å². The third kappa shape index (κ3) is 13.3. The van der Waals surface area contributed by atoms with Gasteiger partial charge in [-0.25, -0.2) is 13.6 Å². The molecule has 4 aromatic rings. The summed E-state index contributed by atoms with van der Waals surface area (Å²) in [6.45, 7) is 8.73. The van der Waals surface area contributed by atoms with Crippen LogP contribution in [0.25, 0.3) is 0 Å². The molecule has 0 spiro atoms. The minimum absolute atomic E-state index is 0.0209. The van der Waals surface area contributed by atoms with Crippen LogP contribution in [0.3, 0.4) is 0 Å². The molecule has 6 rings (SSSR count). The van der Waals surface area contributed by atoms with Crippen molar-refractivity contribution in [1.29, 1.82) is 0 Å². The molecule has 2 aliphatic rings. The molecule has 1 aliphatic heterocycles. The van der Waals surface area contributed by atoms with Gasteiger partial charge >= 0.3 is 6.09 Å². The fraction of sp³-hybridized carbons (Fsp3) is 0.490. The first-order valence-corrected chi connectivity index (χ1v) is 21.3. The summed E-state index contributed by atoms with van der Waals surface area (Å²) in [6, 6.07) is 34.1. The van der Waals surface area contributed by atoms with E-state index < -0.39 is 54.8 Å². The van der Waals surface area contributed by atoms with Gasteiger partial charge in [-0.2, -0.15) is 0 Å². The van der Waals surface area contributed by atoms with Crippen molar-refractivity contribution in [2.24, 2.45) is 5.92 Å². The zero-order valence-corrected chi connectivity index (χ0v) is 35.1. The SMILES string of the molecule is CCCOc1cc(F)cc(C[C@@H]([C@H](OCc2ccccc2)[C@H]2CO[C@H](OC(CF)C3CCCC3)CN2C(=O)OC(C)(C)C)N(Cc2ccccc2)Cc2ccccc2)c1. The summed E-state index contributed by atoms with van der Waals surface area (Å²) >= 11 is 0. The van der Waals surface area contributed by atoms with Crippen molar-refractivity contribution in [2.45, 2.75) is 122 Å².